The minimum Gasteiger partial charge on any atom is -0.191 e. The summed E-state index contributed by atoms with van der Waals surface area (Å²) in [6.07, 6.45) is 5.00. The van der Waals surface area contributed by atoms with E-state index in [0.717, 1.165) is 6.42 Å². The van der Waals surface area contributed by atoms with Crippen molar-refractivity contribution in [3.8, 4) is 0 Å². The van der Waals surface area contributed by atoms with Gasteiger partial charge in [0, 0.05) is 0 Å². The third kappa shape index (κ3) is 7.94. The highest BCUT2D eigenvalue weighted by Gasteiger charge is 2.15. The van der Waals surface area contributed by atoms with Gasteiger partial charge in [-0.3, -0.25) is 0 Å². The molecule has 0 atom stereocenters. The standard InChI is InChI=1S/C11H24N2/c1-6-7-8-9-11(4,5)13-12-10(2)3/h10H,6-9H2,1-5H3. The minimum absolute atomic E-state index is 0.0411. The Labute approximate surface area is 82.8 Å². The Kier molecular flexibility index (Phi) is 5.93. The molecule has 0 unspecified atom stereocenters. The lowest BCUT2D eigenvalue weighted by Crippen LogP contribution is -2.16. The van der Waals surface area contributed by atoms with Crippen molar-refractivity contribution in [2.45, 2.75) is 71.9 Å². The zero-order valence-electron chi connectivity index (χ0n) is 9.80. The van der Waals surface area contributed by atoms with Gasteiger partial charge in [0.15, 0.2) is 0 Å². The van der Waals surface area contributed by atoms with Crippen LogP contribution >= 0.6 is 0 Å². The molecule has 0 N–H and O–H groups in total. The highest BCUT2D eigenvalue weighted by atomic mass is 15.2. The van der Waals surface area contributed by atoms with E-state index in [1.165, 1.54) is 19.3 Å². The van der Waals surface area contributed by atoms with Crippen molar-refractivity contribution >= 4 is 0 Å². The second-order valence-corrected chi connectivity index (χ2v) is 4.58. The van der Waals surface area contributed by atoms with Gasteiger partial charge in [0.05, 0.1) is 11.6 Å². The fraction of sp³-hybridized carbons (Fsp3) is 1.00. The molecule has 0 spiro atoms. The highest BCUT2D eigenvalue weighted by molar-refractivity contribution is 4.75. The van der Waals surface area contributed by atoms with E-state index in [0.29, 0.717) is 6.04 Å². The summed E-state index contributed by atoms with van der Waals surface area (Å²) in [5.74, 6) is 0. The van der Waals surface area contributed by atoms with E-state index in [9.17, 15) is 0 Å². The molecule has 0 radical (unpaired) electrons. The molecule has 78 valence electrons. The Morgan fingerprint density at radius 1 is 1.15 bits per heavy atom. The van der Waals surface area contributed by atoms with Gasteiger partial charge in [-0.25, -0.2) is 0 Å². The summed E-state index contributed by atoms with van der Waals surface area (Å²) >= 11 is 0. The maximum Gasteiger partial charge on any atom is 0.0760 e. The maximum atomic E-state index is 4.35. The van der Waals surface area contributed by atoms with Crippen LogP contribution in [0.25, 0.3) is 0 Å². The molecule has 0 aliphatic heterocycles. The monoisotopic (exact) mass is 184 g/mol. The van der Waals surface area contributed by atoms with Crippen LogP contribution in [0.5, 0.6) is 0 Å². The number of hydrogen-bond donors (Lipinski definition) is 0. The number of hydrogen-bond acceptors (Lipinski definition) is 2. The van der Waals surface area contributed by atoms with Gasteiger partial charge in [0.2, 0.25) is 0 Å². The molecule has 0 aromatic carbocycles. The lowest BCUT2D eigenvalue weighted by atomic mass is 9.98. The zero-order chi connectivity index (χ0) is 10.3. The smallest absolute Gasteiger partial charge is 0.0760 e. The van der Waals surface area contributed by atoms with Gasteiger partial charge < -0.3 is 0 Å². The molecule has 13 heavy (non-hydrogen) atoms. The van der Waals surface area contributed by atoms with Crippen LogP contribution in [0.2, 0.25) is 0 Å². The molecule has 0 aromatic rings. The van der Waals surface area contributed by atoms with E-state index >= 15 is 0 Å². The Hall–Kier alpha value is -0.400. The molecule has 0 fully saturated rings. The topological polar surface area (TPSA) is 24.7 Å². The average molecular weight is 184 g/mol. The largest absolute Gasteiger partial charge is 0.191 e. The number of azo groups is 1. The third-order valence-corrected chi connectivity index (χ3v) is 1.95. The van der Waals surface area contributed by atoms with Crippen LogP contribution in [0.1, 0.15) is 60.3 Å². The number of unbranched alkanes of at least 4 members (excludes halogenated alkanes) is 2. The molecular formula is C11H24N2. The van der Waals surface area contributed by atoms with E-state index in [2.05, 4.69) is 44.8 Å². The van der Waals surface area contributed by atoms with E-state index in [1.807, 2.05) is 0 Å². The summed E-state index contributed by atoms with van der Waals surface area (Å²) in [5, 5.41) is 8.55. The fourth-order valence-electron chi connectivity index (χ4n) is 1.13. The van der Waals surface area contributed by atoms with Crippen LogP contribution in [-0.4, -0.2) is 11.6 Å². The van der Waals surface area contributed by atoms with Crippen LogP contribution in [0, 0.1) is 0 Å². The zero-order valence-corrected chi connectivity index (χ0v) is 9.80. The summed E-state index contributed by atoms with van der Waals surface area (Å²) in [7, 11) is 0. The summed E-state index contributed by atoms with van der Waals surface area (Å²) < 4.78 is 0. The summed E-state index contributed by atoms with van der Waals surface area (Å²) in [4.78, 5) is 0. The Balaban J connectivity index is 3.79. The molecule has 0 rings (SSSR count). The first-order valence-electron chi connectivity index (χ1n) is 5.40. The maximum absolute atomic E-state index is 4.35. The molecule has 0 aliphatic rings. The Bertz CT molecular complexity index is 148. The first-order chi connectivity index (χ1) is 5.98. The van der Waals surface area contributed by atoms with Crippen molar-refractivity contribution < 1.29 is 0 Å². The normalized spacial score (nSPS) is 13.1. The summed E-state index contributed by atoms with van der Waals surface area (Å²) in [5.41, 5.74) is 0.0411. The molecule has 0 amide bonds. The molecule has 2 nitrogen and oxygen atoms in total. The number of rotatable bonds is 6. The van der Waals surface area contributed by atoms with Crippen LogP contribution in [0.3, 0.4) is 0 Å². The predicted molar refractivity (Wildman–Crippen MR) is 58.2 cm³/mol. The highest BCUT2D eigenvalue weighted by Crippen LogP contribution is 2.19. The number of nitrogens with zero attached hydrogens (tertiary/aromatic N) is 2. The Morgan fingerprint density at radius 3 is 2.23 bits per heavy atom. The van der Waals surface area contributed by atoms with Gasteiger partial charge in [0.1, 0.15) is 0 Å². The van der Waals surface area contributed by atoms with Crippen LogP contribution in [0.15, 0.2) is 10.2 Å². The van der Waals surface area contributed by atoms with Gasteiger partial charge in [0.25, 0.3) is 0 Å². The lowest BCUT2D eigenvalue weighted by molar-refractivity contribution is 0.421. The predicted octanol–water partition coefficient (Wildman–Crippen LogP) is 4.21. The molecule has 2 heteroatoms. The average Bonchev–Trinajstić information content (AvgIpc) is 2.02. The van der Waals surface area contributed by atoms with E-state index in [4.69, 9.17) is 0 Å². The fourth-order valence-corrected chi connectivity index (χ4v) is 1.13. The molecule has 0 bridgehead atoms. The third-order valence-electron chi connectivity index (χ3n) is 1.95. The van der Waals surface area contributed by atoms with Crippen LogP contribution in [-0.2, 0) is 0 Å². The van der Waals surface area contributed by atoms with Gasteiger partial charge in [-0.15, -0.1) is 0 Å². The second-order valence-electron chi connectivity index (χ2n) is 4.58. The molecule has 0 saturated carbocycles. The van der Waals surface area contributed by atoms with E-state index < -0.39 is 0 Å². The van der Waals surface area contributed by atoms with E-state index in [1.54, 1.807) is 0 Å². The van der Waals surface area contributed by atoms with Gasteiger partial charge in [-0.05, 0) is 34.1 Å². The minimum atomic E-state index is 0.0411. The van der Waals surface area contributed by atoms with Crippen LogP contribution < -0.4 is 0 Å². The van der Waals surface area contributed by atoms with Gasteiger partial charge >= 0.3 is 0 Å². The van der Waals surface area contributed by atoms with Crippen molar-refractivity contribution in [1.82, 2.24) is 0 Å². The Morgan fingerprint density at radius 2 is 1.77 bits per heavy atom. The van der Waals surface area contributed by atoms with E-state index in [-0.39, 0.29) is 5.54 Å². The first-order valence-corrected chi connectivity index (χ1v) is 5.40. The van der Waals surface area contributed by atoms with Crippen molar-refractivity contribution in [1.29, 1.82) is 0 Å². The molecule has 0 aromatic heterocycles. The first kappa shape index (κ1) is 12.6. The summed E-state index contributed by atoms with van der Waals surface area (Å²) in [6.45, 7) is 10.7. The van der Waals surface area contributed by atoms with Crippen molar-refractivity contribution in [3.05, 3.63) is 0 Å². The second kappa shape index (κ2) is 6.11. The van der Waals surface area contributed by atoms with Crippen LogP contribution in [0.4, 0.5) is 0 Å². The summed E-state index contributed by atoms with van der Waals surface area (Å²) in [6, 6.07) is 0.324. The SMILES string of the molecule is CCCCCC(C)(C)N=NC(C)C. The molecule has 0 heterocycles. The lowest BCUT2D eigenvalue weighted by Gasteiger charge is -2.17. The molecular weight excluding hydrogens is 160 g/mol. The van der Waals surface area contributed by atoms with Gasteiger partial charge in [-0.2, -0.15) is 10.2 Å². The van der Waals surface area contributed by atoms with Crippen molar-refractivity contribution in [2.24, 2.45) is 10.2 Å². The van der Waals surface area contributed by atoms with Crippen molar-refractivity contribution in [2.75, 3.05) is 0 Å². The van der Waals surface area contributed by atoms with Crippen molar-refractivity contribution in [3.63, 3.8) is 0 Å². The van der Waals surface area contributed by atoms with Gasteiger partial charge in [-0.1, -0.05) is 26.2 Å². The molecule has 0 saturated heterocycles. The quantitative estimate of drug-likeness (QED) is 0.436. The molecule has 0 aliphatic carbocycles.